The van der Waals surface area contributed by atoms with Crippen molar-refractivity contribution in [2.24, 2.45) is 0 Å². The van der Waals surface area contributed by atoms with Gasteiger partial charge in [0, 0.05) is 12.4 Å². The zero-order valence-electron chi connectivity index (χ0n) is 13.0. The number of ether oxygens (including phenoxy) is 1. The topological polar surface area (TPSA) is 110 Å². The molecule has 124 valence electrons. The first-order chi connectivity index (χ1) is 12.1. The molecule has 0 bridgehead atoms. The lowest BCUT2D eigenvalue weighted by molar-refractivity contribution is 0.0602. The molecule has 0 aromatic carbocycles. The Hall–Kier alpha value is -3.51. The third-order valence-corrected chi connectivity index (χ3v) is 4.10. The average Bonchev–Trinajstić information content (AvgIpc) is 3.30. The standard InChI is InChI=1S/C16H11N5O3S/c1-24-16(23)11-5-7-25-15(11)18-14(22)12-2-3-13(20-19-12)21-6-4-10(8-17)9-21/h2-7,9H,1H3,(H,18,22). The highest BCUT2D eigenvalue weighted by Crippen LogP contribution is 2.24. The molecule has 3 aromatic heterocycles. The van der Waals surface area contributed by atoms with E-state index in [1.54, 1.807) is 40.5 Å². The number of carbonyl (C=O) groups excluding carboxylic acids is 2. The Morgan fingerprint density at radius 2 is 2.12 bits per heavy atom. The molecule has 25 heavy (non-hydrogen) atoms. The van der Waals surface area contributed by atoms with E-state index in [1.807, 2.05) is 6.07 Å². The molecule has 1 N–H and O–H groups in total. The summed E-state index contributed by atoms with van der Waals surface area (Å²) in [5.74, 6) is -0.541. The fraction of sp³-hybridized carbons (Fsp3) is 0.0625. The Bertz CT molecular complexity index is 968. The number of methoxy groups -OCH3 is 1. The summed E-state index contributed by atoms with van der Waals surface area (Å²) in [7, 11) is 1.27. The summed E-state index contributed by atoms with van der Waals surface area (Å²) in [4.78, 5) is 23.9. The molecule has 0 aliphatic rings. The van der Waals surface area contributed by atoms with Gasteiger partial charge in [0.05, 0.1) is 18.2 Å². The smallest absolute Gasteiger partial charge is 0.340 e. The lowest BCUT2D eigenvalue weighted by Crippen LogP contribution is -2.16. The molecule has 0 saturated heterocycles. The second-order valence-corrected chi connectivity index (χ2v) is 5.72. The molecule has 0 aliphatic heterocycles. The van der Waals surface area contributed by atoms with Crippen molar-refractivity contribution in [3.8, 4) is 11.9 Å². The number of aromatic nitrogens is 3. The van der Waals surface area contributed by atoms with E-state index in [0.717, 1.165) is 0 Å². The number of hydrogen-bond donors (Lipinski definition) is 1. The number of thiophene rings is 1. The predicted octanol–water partition coefficient (Wildman–Crippen LogP) is 2.24. The van der Waals surface area contributed by atoms with Crippen LogP contribution in [-0.4, -0.2) is 33.8 Å². The molecule has 9 heteroatoms. The van der Waals surface area contributed by atoms with Crippen LogP contribution in [0.2, 0.25) is 0 Å². The van der Waals surface area contributed by atoms with E-state index in [2.05, 4.69) is 20.3 Å². The summed E-state index contributed by atoms with van der Waals surface area (Å²) >= 11 is 1.21. The molecule has 0 radical (unpaired) electrons. The van der Waals surface area contributed by atoms with Crippen molar-refractivity contribution < 1.29 is 14.3 Å². The molecular weight excluding hydrogens is 342 g/mol. The van der Waals surface area contributed by atoms with E-state index < -0.39 is 11.9 Å². The quantitative estimate of drug-likeness (QED) is 0.720. The van der Waals surface area contributed by atoms with Crippen LogP contribution in [0.15, 0.2) is 42.0 Å². The minimum atomic E-state index is -0.529. The van der Waals surface area contributed by atoms with E-state index in [9.17, 15) is 9.59 Å². The minimum Gasteiger partial charge on any atom is -0.465 e. The molecule has 0 saturated carbocycles. The molecule has 0 unspecified atom stereocenters. The first-order valence-electron chi connectivity index (χ1n) is 7.01. The number of nitriles is 1. The highest BCUT2D eigenvalue weighted by atomic mass is 32.1. The van der Waals surface area contributed by atoms with Crippen LogP contribution in [0.25, 0.3) is 5.82 Å². The highest BCUT2D eigenvalue weighted by Gasteiger charge is 2.17. The maximum atomic E-state index is 12.3. The van der Waals surface area contributed by atoms with Gasteiger partial charge >= 0.3 is 5.97 Å². The Morgan fingerprint density at radius 1 is 1.28 bits per heavy atom. The number of carbonyl (C=O) groups is 2. The molecule has 3 rings (SSSR count). The van der Waals surface area contributed by atoms with Gasteiger partial charge in [0.15, 0.2) is 11.5 Å². The van der Waals surface area contributed by atoms with Gasteiger partial charge in [0.2, 0.25) is 0 Å². The van der Waals surface area contributed by atoms with E-state index in [1.165, 1.54) is 24.5 Å². The second kappa shape index (κ2) is 6.94. The third-order valence-electron chi connectivity index (χ3n) is 3.27. The molecule has 0 aliphatic carbocycles. The Labute approximate surface area is 146 Å². The fourth-order valence-corrected chi connectivity index (χ4v) is 2.80. The van der Waals surface area contributed by atoms with E-state index in [0.29, 0.717) is 16.4 Å². The van der Waals surface area contributed by atoms with Crippen LogP contribution in [0.5, 0.6) is 0 Å². The number of amides is 1. The average molecular weight is 353 g/mol. The van der Waals surface area contributed by atoms with Gasteiger partial charge in [-0.25, -0.2) is 4.79 Å². The maximum absolute atomic E-state index is 12.3. The zero-order valence-corrected chi connectivity index (χ0v) is 13.8. The summed E-state index contributed by atoms with van der Waals surface area (Å²) in [5.41, 5.74) is 0.874. The van der Waals surface area contributed by atoms with Crippen molar-refractivity contribution in [2.45, 2.75) is 0 Å². The van der Waals surface area contributed by atoms with Gasteiger partial charge in [-0.3, -0.25) is 4.79 Å². The normalized spacial score (nSPS) is 10.1. The van der Waals surface area contributed by atoms with Gasteiger partial charge in [-0.1, -0.05) is 0 Å². The Morgan fingerprint density at radius 3 is 2.76 bits per heavy atom. The molecule has 0 fully saturated rings. The SMILES string of the molecule is COC(=O)c1ccsc1NC(=O)c1ccc(-n2ccc(C#N)c2)nn1. The molecule has 1 amide bonds. The van der Waals surface area contributed by atoms with E-state index in [-0.39, 0.29) is 11.3 Å². The number of nitrogens with one attached hydrogen (secondary N) is 1. The number of rotatable bonds is 4. The van der Waals surface area contributed by atoms with Crippen LogP contribution >= 0.6 is 11.3 Å². The molecule has 3 heterocycles. The van der Waals surface area contributed by atoms with Gasteiger partial charge in [-0.15, -0.1) is 21.5 Å². The van der Waals surface area contributed by atoms with E-state index >= 15 is 0 Å². The van der Waals surface area contributed by atoms with E-state index in [4.69, 9.17) is 5.26 Å². The van der Waals surface area contributed by atoms with Crippen molar-refractivity contribution in [1.82, 2.24) is 14.8 Å². The van der Waals surface area contributed by atoms with Gasteiger partial charge in [-0.2, -0.15) is 5.26 Å². The van der Waals surface area contributed by atoms with Crippen molar-refractivity contribution in [3.05, 3.63) is 58.9 Å². The van der Waals surface area contributed by atoms with Crippen molar-refractivity contribution in [2.75, 3.05) is 12.4 Å². The van der Waals surface area contributed by atoms with Crippen molar-refractivity contribution in [3.63, 3.8) is 0 Å². The van der Waals surface area contributed by atoms with Gasteiger partial charge in [0.25, 0.3) is 5.91 Å². The monoisotopic (exact) mass is 353 g/mol. The van der Waals surface area contributed by atoms with Crippen LogP contribution in [0, 0.1) is 11.3 Å². The van der Waals surface area contributed by atoms with Crippen molar-refractivity contribution >= 4 is 28.2 Å². The van der Waals surface area contributed by atoms with Crippen LogP contribution in [0.3, 0.4) is 0 Å². The minimum absolute atomic E-state index is 0.0978. The predicted molar refractivity (Wildman–Crippen MR) is 89.7 cm³/mol. The number of esters is 1. The second-order valence-electron chi connectivity index (χ2n) is 4.81. The number of anilines is 1. The molecule has 0 spiro atoms. The van der Waals surface area contributed by atoms with Crippen molar-refractivity contribution in [1.29, 1.82) is 5.26 Å². The molecule has 8 nitrogen and oxygen atoms in total. The maximum Gasteiger partial charge on any atom is 0.340 e. The van der Waals surface area contributed by atoms with Crippen LogP contribution in [0.1, 0.15) is 26.4 Å². The first kappa shape index (κ1) is 16.4. The van der Waals surface area contributed by atoms with Crippen LogP contribution < -0.4 is 5.32 Å². The summed E-state index contributed by atoms with van der Waals surface area (Å²) in [6.45, 7) is 0. The summed E-state index contributed by atoms with van der Waals surface area (Å²) in [6, 6.07) is 8.36. The highest BCUT2D eigenvalue weighted by molar-refractivity contribution is 7.14. The molecule has 0 atom stereocenters. The largest absolute Gasteiger partial charge is 0.465 e. The summed E-state index contributed by atoms with van der Waals surface area (Å²) in [6.07, 6.45) is 3.29. The van der Waals surface area contributed by atoms with Gasteiger partial charge in [-0.05, 0) is 29.6 Å². The molecule has 3 aromatic rings. The lowest BCUT2D eigenvalue weighted by atomic mass is 10.3. The number of hydrogen-bond acceptors (Lipinski definition) is 7. The van der Waals surface area contributed by atoms with Crippen LogP contribution in [-0.2, 0) is 4.74 Å². The summed E-state index contributed by atoms with van der Waals surface area (Å²) < 4.78 is 6.29. The number of nitrogens with zero attached hydrogens (tertiary/aromatic N) is 4. The zero-order chi connectivity index (χ0) is 17.8. The lowest BCUT2D eigenvalue weighted by Gasteiger charge is -2.05. The Balaban J connectivity index is 1.76. The first-order valence-corrected chi connectivity index (χ1v) is 7.89. The van der Waals surface area contributed by atoms with Crippen LogP contribution in [0.4, 0.5) is 5.00 Å². The fourth-order valence-electron chi connectivity index (χ4n) is 2.03. The van der Waals surface area contributed by atoms with Gasteiger partial charge < -0.3 is 14.6 Å². The summed E-state index contributed by atoms with van der Waals surface area (Å²) in [5, 5.41) is 21.4. The molecular formula is C16H11N5O3S. The Kier molecular flexibility index (Phi) is 4.54. The van der Waals surface area contributed by atoms with Gasteiger partial charge in [0.1, 0.15) is 11.1 Å². The third kappa shape index (κ3) is 3.39.